The van der Waals surface area contributed by atoms with E-state index in [1.807, 2.05) is 11.8 Å². The normalized spacial score (nSPS) is 14.2. The average Bonchev–Trinajstić information content (AvgIpc) is 2.83. The van der Waals surface area contributed by atoms with Gasteiger partial charge in [-0.05, 0) is 30.4 Å². The monoisotopic (exact) mass is 266 g/mol. The third kappa shape index (κ3) is 3.10. The van der Waals surface area contributed by atoms with Gasteiger partial charge in [-0.25, -0.2) is 0 Å². The molecule has 0 atom stereocenters. The van der Waals surface area contributed by atoms with Crippen LogP contribution in [-0.4, -0.2) is 29.8 Å². The second-order valence-corrected chi connectivity index (χ2v) is 5.39. The minimum Gasteiger partial charge on any atom is -0.356 e. The molecule has 0 unspecified atom stereocenters. The zero-order valence-corrected chi connectivity index (χ0v) is 11.4. The van der Waals surface area contributed by atoms with E-state index >= 15 is 0 Å². The van der Waals surface area contributed by atoms with E-state index in [4.69, 9.17) is 0 Å². The topological polar surface area (TPSA) is 49.4 Å². The van der Waals surface area contributed by atoms with E-state index in [9.17, 15) is 9.59 Å². The third-order valence-corrected chi connectivity index (χ3v) is 4.12. The summed E-state index contributed by atoms with van der Waals surface area (Å²) in [6.45, 7) is 3.98. The molecular weight excluding hydrogens is 248 g/mol. The number of fused-ring (bicyclic) bond motifs is 1. The van der Waals surface area contributed by atoms with Crippen molar-refractivity contribution in [2.75, 3.05) is 13.1 Å². The van der Waals surface area contributed by atoms with Crippen molar-refractivity contribution in [3.05, 3.63) is 21.9 Å². The third-order valence-electron chi connectivity index (χ3n) is 3.10. The maximum absolute atomic E-state index is 12.0. The van der Waals surface area contributed by atoms with Crippen molar-refractivity contribution in [1.29, 1.82) is 0 Å². The van der Waals surface area contributed by atoms with Crippen LogP contribution in [0.2, 0.25) is 0 Å². The summed E-state index contributed by atoms with van der Waals surface area (Å²) in [4.78, 5) is 26.5. The molecule has 0 saturated carbocycles. The van der Waals surface area contributed by atoms with Crippen molar-refractivity contribution in [3.63, 3.8) is 0 Å². The van der Waals surface area contributed by atoms with E-state index in [0.29, 0.717) is 25.9 Å². The lowest BCUT2D eigenvalue weighted by molar-refractivity contribution is -0.134. The van der Waals surface area contributed by atoms with E-state index in [1.54, 1.807) is 11.3 Å². The van der Waals surface area contributed by atoms with Gasteiger partial charge in [0.15, 0.2) is 0 Å². The summed E-state index contributed by atoms with van der Waals surface area (Å²) < 4.78 is 0. The molecule has 1 aliphatic rings. The first kappa shape index (κ1) is 13.1. The molecule has 2 heterocycles. The van der Waals surface area contributed by atoms with Crippen molar-refractivity contribution in [1.82, 2.24) is 10.2 Å². The van der Waals surface area contributed by atoms with E-state index in [2.05, 4.69) is 16.8 Å². The Morgan fingerprint density at radius 3 is 3.06 bits per heavy atom. The highest BCUT2D eigenvalue weighted by Crippen LogP contribution is 2.24. The summed E-state index contributed by atoms with van der Waals surface area (Å²) in [5.41, 5.74) is 1.26. The molecule has 0 saturated heterocycles. The average molecular weight is 266 g/mol. The highest BCUT2D eigenvalue weighted by molar-refractivity contribution is 7.10. The van der Waals surface area contributed by atoms with Gasteiger partial charge in [-0.15, -0.1) is 11.3 Å². The van der Waals surface area contributed by atoms with Crippen molar-refractivity contribution in [3.8, 4) is 0 Å². The Hall–Kier alpha value is -1.36. The van der Waals surface area contributed by atoms with Gasteiger partial charge in [0.2, 0.25) is 11.8 Å². The number of hydrogen-bond acceptors (Lipinski definition) is 3. The first-order valence-corrected chi connectivity index (χ1v) is 7.18. The Morgan fingerprint density at radius 2 is 2.28 bits per heavy atom. The van der Waals surface area contributed by atoms with Crippen LogP contribution in [0.5, 0.6) is 0 Å². The van der Waals surface area contributed by atoms with Gasteiger partial charge in [0, 0.05) is 37.4 Å². The van der Waals surface area contributed by atoms with Crippen LogP contribution in [-0.2, 0) is 22.6 Å². The van der Waals surface area contributed by atoms with Crippen LogP contribution >= 0.6 is 11.3 Å². The number of amides is 2. The molecule has 0 spiro atoms. The van der Waals surface area contributed by atoms with Gasteiger partial charge in [0.05, 0.1) is 0 Å². The van der Waals surface area contributed by atoms with E-state index in [0.717, 1.165) is 13.0 Å². The summed E-state index contributed by atoms with van der Waals surface area (Å²) in [6, 6.07) is 2.09. The summed E-state index contributed by atoms with van der Waals surface area (Å²) in [7, 11) is 0. The molecule has 0 aromatic carbocycles. The predicted octanol–water partition coefficient (Wildman–Crippen LogP) is 1.55. The van der Waals surface area contributed by atoms with Crippen LogP contribution < -0.4 is 5.32 Å². The quantitative estimate of drug-likeness (QED) is 0.899. The maximum atomic E-state index is 12.0. The molecule has 4 nitrogen and oxygen atoms in total. The zero-order valence-electron chi connectivity index (χ0n) is 10.6. The van der Waals surface area contributed by atoms with Gasteiger partial charge in [0.1, 0.15) is 0 Å². The van der Waals surface area contributed by atoms with Gasteiger partial charge < -0.3 is 10.2 Å². The molecule has 2 rings (SSSR count). The standard InChI is InChI=1S/C13H18N2O2S/c1-2-14-12(16)3-4-13(17)15-7-5-11-10(9-15)6-8-18-11/h6,8H,2-5,7,9H2,1H3,(H,14,16). The molecule has 1 aromatic rings. The molecule has 0 radical (unpaired) electrons. The molecule has 0 fully saturated rings. The van der Waals surface area contributed by atoms with Gasteiger partial charge in [-0.1, -0.05) is 0 Å². The van der Waals surface area contributed by atoms with Gasteiger partial charge in [-0.3, -0.25) is 9.59 Å². The highest BCUT2D eigenvalue weighted by Gasteiger charge is 2.21. The lowest BCUT2D eigenvalue weighted by Crippen LogP contribution is -2.36. The summed E-state index contributed by atoms with van der Waals surface area (Å²) in [5.74, 6) is 0.0391. The SMILES string of the molecule is CCNC(=O)CCC(=O)N1CCc2sccc2C1. The van der Waals surface area contributed by atoms with Crippen LogP contribution in [0.25, 0.3) is 0 Å². The Labute approximate surface area is 111 Å². The number of hydrogen-bond donors (Lipinski definition) is 1. The number of nitrogens with zero attached hydrogens (tertiary/aromatic N) is 1. The molecule has 98 valence electrons. The van der Waals surface area contributed by atoms with Crippen molar-refractivity contribution < 1.29 is 9.59 Å². The van der Waals surface area contributed by atoms with Crippen molar-refractivity contribution in [2.45, 2.75) is 32.7 Å². The van der Waals surface area contributed by atoms with E-state index in [1.165, 1.54) is 10.4 Å². The lowest BCUT2D eigenvalue weighted by atomic mass is 10.1. The Bertz CT molecular complexity index is 442. The maximum Gasteiger partial charge on any atom is 0.223 e. The van der Waals surface area contributed by atoms with Gasteiger partial charge >= 0.3 is 0 Å². The second-order valence-electron chi connectivity index (χ2n) is 4.39. The second kappa shape index (κ2) is 6.00. The van der Waals surface area contributed by atoms with Crippen molar-refractivity contribution in [2.24, 2.45) is 0 Å². The summed E-state index contributed by atoms with van der Waals surface area (Å²) in [5, 5.41) is 4.78. The fourth-order valence-electron chi connectivity index (χ4n) is 2.13. The summed E-state index contributed by atoms with van der Waals surface area (Å²) in [6.07, 6.45) is 1.55. The van der Waals surface area contributed by atoms with Crippen LogP contribution in [0.3, 0.4) is 0 Å². The minimum atomic E-state index is -0.0425. The number of carbonyl (C=O) groups is 2. The largest absolute Gasteiger partial charge is 0.356 e. The molecule has 0 bridgehead atoms. The van der Waals surface area contributed by atoms with E-state index in [-0.39, 0.29) is 11.8 Å². The van der Waals surface area contributed by atoms with Gasteiger partial charge in [0.25, 0.3) is 0 Å². The molecule has 5 heteroatoms. The Balaban J connectivity index is 1.82. The molecule has 2 amide bonds. The van der Waals surface area contributed by atoms with Crippen LogP contribution in [0.1, 0.15) is 30.2 Å². The summed E-state index contributed by atoms with van der Waals surface area (Å²) >= 11 is 1.76. The number of carbonyl (C=O) groups excluding carboxylic acids is 2. The van der Waals surface area contributed by atoms with Crippen LogP contribution in [0.4, 0.5) is 0 Å². The predicted molar refractivity (Wildman–Crippen MR) is 71.4 cm³/mol. The number of thiophene rings is 1. The lowest BCUT2D eigenvalue weighted by Gasteiger charge is -2.27. The first-order chi connectivity index (χ1) is 8.70. The molecule has 0 aliphatic carbocycles. The van der Waals surface area contributed by atoms with E-state index < -0.39 is 0 Å². The zero-order chi connectivity index (χ0) is 13.0. The number of rotatable bonds is 4. The Kier molecular flexibility index (Phi) is 4.36. The smallest absolute Gasteiger partial charge is 0.223 e. The van der Waals surface area contributed by atoms with Crippen LogP contribution in [0.15, 0.2) is 11.4 Å². The fraction of sp³-hybridized carbons (Fsp3) is 0.538. The van der Waals surface area contributed by atoms with Crippen molar-refractivity contribution >= 4 is 23.2 Å². The molecular formula is C13H18N2O2S. The molecule has 1 N–H and O–H groups in total. The number of nitrogens with one attached hydrogen (secondary N) is 1. The fourth-order valence-corrected chi connectivity index (χ4v) is 3.02. The van der Waals surface area contributed by atoms with Gasteiger partial charge in [-0.2, -0.15) is 0 Å². The van der Waals surface area contributed by atoms with Crippen LogP contribution in [0, 0.1) is 0 Å². The highest BCUT2D eigenvalue weighted by atomic mass is 32.1. The molecule has 18 heavy (non-hydrogen) atoms. The Morgan fingerprint density at radius 1 is 1.44 bits per heavy atom. The molecule has 1 aliphatic heterocycles. The minimum absolute atomic E-state index is 0.0425. The first-order valence-electron chi connectivity index (χ1n) is 6.30. The molecule has 1 aromatic heterocycles.